The molecular weight excluding hydrogens is 463 g/mol. The summed E-state index contributed by atoms with van der Waals surface area (Å²) in [5.74, 6) is 0.474. The van der Waals surface area contributed by atoms with Gasteiger partial charge in [-0.15, -0.1) is 11.3 Å². The molecule has 0 bridgehead atoms. The minimum Gasteiger partial charge on any atom is -0.487 e. The highest BCUT2D eigenvalue weighted by molar-refractivity contribution is 7.13. The minimum atomic E-state index is -4.38. The van der Waals surface area contributed by atoms with Gasteiger partial charge >= 0.3 is 6.18 Å². The molecule has 2 aromatic carbocycles. The third kappa shape index (κ3) is 6.41. The number of hydrogen-bond acceptors (Lipinski definition) is 5. The topological polar surface area (TPSA) is 64.1 Å². The second kappa shape index (κ2) is 10.5. The first-order valence-electron chi connectivity index (χ1n) is 10.4. The number of carbonyl (C=O) groups is 1. The third-order valence-corrected chi connectivity index (χ3v) is 5.79. The standard InChI is InChI=1S/C25H20F3N3O2S/c26-25(27,28)19-9-7-18(8-10-19)24-31-21(16-34-24)13-23(32)30-14-17-4-3-6-22(12-17)33-15-20-5-1-2-11-29-20/h1-12,16H,13-15H2,(H,30,32). The maximum atomic E-state index is 12.7. The number of pyridine rings is 1. The molecule has 4 rings (SSSR count). The number of rotatable bonds is 8. The molecule has 1 amide bonds. The molecule has 34 heavy (non-hydrogen) atoms. The Bertz CT molecular complexity index is 1240. The zero-order valence-corrected chi connectivity index (χ0v) is 18.7. The lowest BCUT2D eigenvalue weighted by atomic mass is 10.1. The van der Waals surface area contributed by atoms with E-state index in [1.54, 1.807) is 11.6 Å². The number of alkyl halides is 3. The maximum absolute atomic E-state index is 12.7. The van der Waals surface area contributed by atoms with Crippen molar-refractivity contribution in [1.82, 2.24) is 15.3 Å². The Labute approximate surface area is 198 Å². The van der Waals surface area contributed by atoms with Crippen molar-refractivity contribution in [2.45, 2.75) is 25.7 Å². The molecule has 0 unspecified atom stereocenters. The van der Waals surface area contributed by atoms with Gasteiger partial charge in [-0.25, -0.2) is 4.98 Å². The molecule has 0 fully saturated rings. The van der Waals surface area contributed by atoms with Crippen molar-refractivity contribution in [3.05, 3.63) is 101 Å². The Hall–Kier alpha value is -3.72. The van der Waals surface area contributed by atoms with Crippen LogP contribution in [-0.2, 0) is 30.5 Å². The molecule has 0 aliphatic heterocycles. The highest BCUT2D eigenvalue weighted by atomic mass is 32.1. The smallest absolute Gasteiger partial charge is 0.416 e. The number of amides is 1. The fourth-order valence-electron chi connectivity index (χ4n) is 3.14. The number of ether oxygens (including phenoxy) is 1. The second-order valence-corrected chi connectivity index (χ2v) is 8.29. The maximum Gasteiger partial charge on any atom is 0.416 e. The molecule has 5 nitrogen and oxygen atoms in total. The first-order valence-corrected chi connectivity index (χ1v) is 11.3. The van der Waals surface area contributed by atoms with E-state index in [-0.39, 0.29) is 12.3 Å². The zero-order chi connectivity index (χ0) is 24.0. The molecule has 1 N–H and O–H groups in total. The van der Waals surface area contributed by atoms with E-state index in [0.717, 1.165) is 23.4 Å². The molecular formula is C25H20F3N3O2S. The normalized spacial score (nSPS) is 11.3. The van der Waals surface area contributed by atoms with Crippen molar-refractivity contribution in [3.63, 3.8) is 0 Å². The summed E-state index contributed by atoms with van der Waals surface area (Å²) in [6, 6.07) is 17.9. The van der Waals surface area contributed by atoms with Gasteiger partial charge in [-0.1, -0.05) is 30.3 Å². The van der Waals surface area contributed by atoms with E-state index in [4.69, 9.17) is 4.74 Å². The molecule has 0 radical (unpaired) electrons. The van der Waals surface area contributed by atoms with E-state index in [0.29, 0.717) is 35.2 Å². The van der Waals surface area contributed by atoms with E-state index in [1.165, 1.54) is 23.5 Å². The summed E-state index contributed by atoms with van der Waals surface area (Å²) in [5, 5.41) is 5.15. The largest absolute Gasteiger partial charge is 0.487 e. The number of nitrogens with one attached hydrogen (secondary N) is 1. The molecule has 174 valence electrons. The van der Waals surface area contributed by atoms with E-state index in [2.05, 4.69) is 15.3 Å². The Morgan fingerprint density at radius 2 is 1.82 bits per heavy atom. The lowest BCUT2D eigenvalue weighted by Crippen LogP contribution is -2.24. The molecule has 0 saturated heterocycles. The van der Waals surface area contributed by atoms with Crippen molar-refractivity contribution in [2.75, 3.05) is 0 Å². The Morgan fingerprint density at radius 1 is 1.00 bits per heavy atom. The van der Waals surface area contributed by atoms with Gasteiger partial charge in [0.2, 0.25) is 5.91 Å². The molecule has 2 aromatic heterocycles. The minimum absolute atomic E-state index is 0.0764. The fraction of sp³-hybridized carbons (Fsp3) is 0.160. The van der Waals surface area contributed by atoms with Crippen molar-refractivity contribution >= 4 is 17.2 Å². The highest BCUT2D eigenvalue weighted by Crippen LogP contribution is 2.31. The zero-order valence-electron chi connectivity index (χ0n) is 17.9. The van der Waals surface area contributed by atoms with Crippen LogP contribution in [0.5, 0.6) is 5.75 Å². The Balaban J connectivity index is 1.29. The Kier molecular flexibility index (Phi) is 7.22. The van der Waals surface area contributed by atoms with Crippen LogP contribution in [0.3, 0.4) is 0 Å². The van der Waals surface area contributed by atoms with Crippen LogP contribution in [0.2, 0.25) is 0 Å². The second-order valence-electron chi connectivity index (χ2n) is 7.43. The van der Waals surface area contributed by atoms with Crippen molar-refractivity contribution in [3.8, 4) is 16.3 Å². The van der Waals surface area contributed by atoms with Gasteiger partial charge in [0.15, 0.2) is 0 Å². The molecule has 0 atom stereocenters. The molecule has 0 aliphatic rings. The number of thiazole rings is 1. The van der Waals surface area contributed by atoms with Gasteiger partial charge in [0.25, 0.3) is 0 Å². The molecule has 0 spiro atoms. The summed E-state index contributed by atoms with van der Waals surface area (Å²) >= 11 is 1.28. The average molecular weight is 484 g/mol. The van der Waals surface area contributed by atoms with Gasteiger partial charge in [0.05, 0.1) is 23.4 Å². The molecule has 9 heteroatoms. The number of halogens is 3. The number of benzene rings is 2. The SMILES string of the molecule is O=C(Cc1csc(-c2ccc(C(F)(F)F)cc2)n1)NCc1cccc(OCc2ccccn2)c1. The van der Waals surface area contributed by atoms with Crippen LogP contribution in [-0.4, -0.2) is 15.9 Å². The van der Waals surface area contributed by atoms with Gasteiger partial charge in [-0.05, 0) is 42.0 Å². The number of nitrogens with zero attached hydrogens (tertiary/aromatic N) is 2. The van der Waals surface area contributed by atoms with Crippen LogP contribution in [0, 0.1) is 0 Å². The van der Waals surface area contributed by atoms with Crippen LogP contribution in [0.4, 0.5) is 13.2 Å². The monoisotopic (exact) mass is 483 g/mol. The van der Waals surface area contributed by atoms with E-state index < -0.39 is 11.7 Å². The van der Waals surface area contributed by atoms with Gasteiger partial charge < -0.3 is 10.1 Å². The molecule has 0 saturated carbocycles. The molecule has 2 heterocycles. The van der Waals surface area contributed by atoms with Crippen LogP contribution < -0.4 is 10.1 Å². The summed E-state index contributed by atoms with van der Waals surface area (Å²) in [6.45, 7) is 0.678. The highest BCUT2D eigenvalue weighted by Gasteiger charge is 2.30. The van der Waals surface area contributed by atoms with Crippen LogP contribution in [0.15, 0.2) is 78.3 Å². The van der Waals surface area contributed by atoms with Crippen LogP contribution in [0.25, 0.3) is 10.6 Å². The van der Waals surface area contributed by atoms with Gasteiger partial charge in [0, 0.05) is 23.7 Å². The third-order valence-electron chi connectivity index (χ3n) is 4.85. The summed E-state index contributed by atoms with van der Waals surface area (Å²) in [7, 11) is 0. The number of hydrogen-bond donors (Lipinski definition) is 1. The lowest BCUT2D eigenvalue weighted by Gasteiger charge is -2.09. The summed E-state index contributed by atoms with van der Waals surface area (Å²) in [6.07, 6.45) is -2.60. The Morgan fingerprint density at radius 3 is 2.56 bits per heavy atom. The van der Waals surface area contributed by atoms with E-state index in [9.17, 15) is 18.0 Å². The number of carbonyl (C=O) groups excluding carboxylic acids is 1. The molecule has 4 aromatic rings. The summed E-state index contributed by atoms with van der Waals surface area (Å²) < 4.78 is 43.9. The van der Waals surface area contributed by atoms with Crippen molar-refractivity contribution in [1.29, 1.82) is 0 Å². The van der Waals surface area contributed by atoms with Crippen LogP contribution >= 0.6 is 11.3 Å². The first kappa shape index (κ1) is 23.4. The van der Waals surface area contributed by atoms with Gasteiger partial charge in [-0.2, -0.15) is 13.2 Å². The van der Waals surface area contributed by atoms with Crippen molar-refractivity contribution in [2.24, 2.45) is 0 Å². The summed E-state index contributed by atoms with van der Waals surface area (Å²) in [4.78, 5) is 21.0. The quantitative estimate of drug-likeness (QED) is 0.351. The average Bonchev–Trinajstić information content (AvgIpc) is 3.30. The van der Waals surface area contributed by atoms with E-state index in [1.807, 2.05) is 42.5 Å². The fourth-order valence-corrected chi connectivity index (χ4v) is 3.96. The predicted molar refractivity (Wildman–Crippen MR) is 123 cm³/mol. The molecule has 0 aliphatic carbocycles. The van der Waals surface area contributed by atoms with Gasteiger partial charge in [0.1, 0.15) is 17.4 Å². The first-order chi connectivity index (χ1) is 16.4. The van der Waals surface area contributed by atoms with Gasteiger partial charge in [-0.3, -0.25) is 9.78 Å². The van der Waals surface area contributed by atoms with Crippen LogP contribution in [0.1, 0.15) is 22.5 Å². The number of aromatic nitrogens is 2. The van der Waals surface area contributed by atoms with E-state index >= 15 is 0 Å². The summed E-state index contributed by atoms with van der Waals surface area (Å²) in [5.41, 5.74) is 2.13. The lowest BCUT2D eigenvalue weighted by molar-refractivity contribution is -0.137. The van der Waals surface area contributed by atoms with Crippen molar-refractivity contribution < 1.29 is 22.7 Å². The predicted octanol–water partition coefficient (Wildman–Crippen LogP) is 5.66.